The number of hydrogen-bond donors (Lipinski definition) is 2. The molecule has 0 aliphatic heterocycles. The molecule has 118 valence electrons. The van der Waals surface area contributed by atoms with Crippen molar-refractivity contribution in [1.82, 2.24) is 20.4 Å². The second-order valence-corrected chi connectivity index (χ2v) is 5.32. The lowest BCUT2D eigenvalue weighted by Gasteiger charge is -2.18. The van der Waals surface area contributed by atoms with Gasteiger partial charge in [0.2, 0.25) is 0 Å². The topological polar surface area (TPSA) is 68.2 Å². The van der Waals surface area contributed by atoms with Gasteiger partial charge in [-0.1, -0.05) is 17.7 Å². The number of urea groups is 1. The Morgan fingerprint density at radius 3 is 2.86 bits per heavy atom. The molecule has 1 atom stereocenters. The second kappa shape index (κ2) is 6.98. The van der Waals surface area contributed by atoms with Crippen molar-refractivity contribution in [2.24, 2.45) is 7.05 Å². The van der Waals surface area contributed by atoms with E-state index < -0.39 is 0 Å². The molecule has 0 saturated carbocycles. The van der Waals surface area contributed by atoms with Gasteiger partial charge >= 0.3 is 6.03 Å². The lowest BCUT2D eigenvalue weighted by molar-refractivity contribution is 0.237. The molecule has 2 rings (SSSR count). The van der Waals surface area contributed by atoms with Gasteiger partial charge in [-0.2, -0.15) is 5.10 Å². The SMILES string of the molecule is COc1ccc(C)cc1C(C)NC(=O)NCc1cnn(C)c1. The van der Waals surface area contributed by atoms with Crippen LogP contribution in [0.15, 0.2) is 30.6 Å². The van der Waals surface area contributed by atoms with Crippen molar-refractivity contribution in [3.8, 4) is 5.75 Å². The highest BCUT2D eigenvalue weighted by atomic mass is 16.5. The van der Waals surface area contributed by atoms with Crippen molar-refractivity contribution in [2.75, 3.05) is 7.11 Å². The van der Waals surface area contributed by atoms with Crippen LogP contribution in [-0.2, 0) is 13.6 Å². The van der Waals surface area contributed by atoms with Crippen LogP contribution in [-0.4, -0.2) is 22.9 Å². The van der Waals surface area contributed by atoms with Gasteiger partial charge in [0.05, 0.1) is 19.3 Å². The average molecular weight is 302 g/mol. The highest BCUT2D eigenvalue weighted by molar-refractivity contribution is 5.74. The van der Waals surface area contributed by atoms with E-state index in [9.17, 15) is 4.79 Å². The number of benzene rings is 1. The van der Waals surface area contributed by atoms with Crippen LogP contribution in [0.25, 0.3) is 0 Å². The molecule has 2 N–H and O–H groups in total. The molecule has 0 aliphatic rings. The van der Waals surface area contributed by atoms with E-state index in [0.717, 1.165) is 22.4 Å². The normalized spacial score (nSPS) is 11.8. The first kappa shape index (κ1) is 15.9. The second-order valence-electron chi connectivity index (χ2n) is 5.32. The number of ether oxygens (including phenoxy) is 1. The van der Waals surface area contributed by atoms with Gasteiger partial charge in [0.15, 0.2) is 0 Å². The minimum atomic E-state index is -0.222. The maximum Gasteiger partial charge on any atom is 0.315 e. The third-order valence-electron chi connectivity index (χ3n) is 3.41. The molecule has 0 bridgehead atoms. The molecule has 0 radical (unpaired) electrons. The molecule has 2 amide bonds. The predicted molar refractivity (Wildman–Crippen MR) is 84.7 cm³/mol. The molecule has 0 fully saturated rings. The van der Waals surface area contributed by atoms with Crippen molar-refractivity contribution in [3.63, 3.8) is 0 Å². The molecular weight excluding hydrogens is 280 g/mol. The molecule has 6 nitrogen and oxygen atoms in total. The van der Waals surface area contributed by atoms with Crippen LogP contribution in [0.3, 0.4) is 0 Å². The van der Waals surface area contributed by atoms with Gasteiger partial charge in [0, 0.05) is 30.9 Å². The molecule has 1 aromatic carbocycles. The molecular formula is C16H22N4O2. The number of carbonyl (C=O) groups is 1. The number of methoxy groups -OCH3 is 1. The maximum atomic E-state index is 12.0. The van der Waals surface area contributed by atoms with E-state index in [-0.39, 0.29) is 12.1 Å². The summed E-state index contributed by atoms with van der Waals surface area (Å²) in [6.45, 7) is 4.39. The van der Waals surface area contributed by atoms with Crippen LogP contribution in [0.1, 0.15) is 29.7 Å². The number of aromatic nitrogens is 2. The van der Waals surface area contributed by atoms with Gasteiger partial charge in [-0.15, -0.1) is 0 Å². The standard InChI is InChI=1S/C16H22N4O2/c1-11-5-6-15(22-4)14(7-11)12(2)19-16(21)17-8-13-9-18-20(3)10-13/h5-7,9-10,12H,8H2,1-4H3,(H2,17,19,21). The number of hydrogen-bond acceptors (Lipinski definition) is 3. The number of carbonyl (C=O) groups excluding carboxylic acids is 1. The zero-order valence-electron chi connectivity index (χ0n) is 13.4. The summed E-state index contributed by atoms with van der Waals surface area (Å²) in [6.07, 6.45) is 3.60. The summed E-state index contributed by atoms with van der Waals surface area (Å²) in [7, 11) is 3.47. The molecule has 1 unspecified atom stereocenters. The van der Waals surface area contributed by atoms with Gasteiger partial charge < -0.3 is 15.4 Å². The first-order valence-electron chi connectivity index (χ1n) is 7.16. The Balaban J connectivity index is 1.94. The molecule has 0 saturated heterocycles. The molecule has 0 aliphatic carbocycles. The lowest BCUT2D eigenvalue weighted by Crippen LogP contribution is -2.36. The van der Waals surface area contributed by atoms with E-state index in [0.29, 0.717) is 6.54 Å². The largest absolute Gasteiger partial charge is 0.496 e. The Labute approximate surface area is 130 Å². The van der Waals surface area contributed by atoms with E-state index in [4.69, 9.17) is 4.74 Å². The van der Waals surface area contributed by atoms with Crippen LogP contribution >= 0.6 is 0 Å². The highest BCUT2D eigenvalue weighted by Crippen LogP contribution is 2.25. The fourth-order valence-corrected chi connectivity index (χ4v) is 2.26. The molecule has 1 heterocycles. The quantitative estimate of drug-likeness (QED) is 0.890. The first-order valence-corrected chi connectivity index (χ1v) is 7.16. The molecule has 0 spiro atoms. The fraction of sp³-hybridized carbons (Fsp3) is 0.375. The number of nitrogens with one attached hydrogen (secondary N) is 2. The van der Waals surface area contributed by atoms with E-state index in [1.807, 2.05) is 45.3 Å². The van der Waals surface area contributed by atoms with Crippen molar-refractivity contribution in [1.29, 1.82) is 0 Å². The summed E-state index contributed by atoms with van der Waals surface area (Å²) in [6, 6.07) is 5.54. The van der Waals surface area contributed by atoms with E-state index in [1.165, 1.54) is 0 Å². The summed E-state index contributed by atoms with van der Waals surface area (Å²) in [5, 5.41) is 9.80. The van der Waals surface area contributed by atoms with Crippen LogP contribution < -0.4 is 15.4 Å². The molecule has 22 heavy (non-hydrogen) atoms. The Morgan fingerprint density at radius 1 is 1.45 bits per heavy atom. The van der Waals surface area contributed by atoms with E-state index >= 15 is 0 Å². The van der Waals surface area contributed by atoms with E-state index in [2.05, 4.69) is 15.7 Å². The zero-order valence-corrected chi connectivity index (χ0v) is 13.4. The fourth-order valence-electron chi connectivity index (χ4n) is 2.26. The van der Waals surface area contributed by atoms with E-state index in [1.54, 1.807) is 18.0 Å². The summed E-state index contributed by atoms with van der Waals surface area (Å²) in [5.41, 5.74) is 3.04. The summed E-state index contributed by atoms with van der Waals surface area (Å²) < 4.78 is 7.06. The minimum Gasteiger partial charge on any atom is -0.496 e. The van der Waals surface area contributed by atoms with Gasteiger partial charge in [-0.05, 0) is 19.9 Å². The Hall–Kier alpha value is -2.50. The van der Waals surface area contributed by atoms with Crippen molar-refractivity contribution in [2.45, 2.75) is 26.4 Å². The zero-order chi connectivity index (χ0) is 16.1. The monoisotopic (exact) mass is 302 g/mol. The molecule has 6 heteroatoms. The van der Waals surface area contributed by atoms with Crippen molar-refractivity contribution < 1.29 is 9.53 Å². The van der Waals surface area contributed by atoms with Crippen molar-refractivity contribution >= 4 is 6.03 Å². The third-order valence-corrected chi connectivity index (χ3v) is 3.41. The van der Waals surface area contributed by atoms with Crippen LogP contribution in [0.5, 0.6) is 5.75 Å². The Bertz CT molecular complexity index is 651. The van der Waals surface area contributed by atoms with Crippen LogP contribution in [0, 0.1) is 6.92 Å². The third kappa shape index (κ3) is 4.00. The van der Waals surface area contributed by atoms with Gasteiger partial charge in [-0.25, -0.2) is 4.79 Å². The van der Waals surface area contributed by atoms with Gasteiger partial charge in [0.25, 0.3) is 0 Å². The lowest BCUT2D eigenvalue weighted by atomic mass is 10.0. The Morgan fingerprint density at radius 2 is 2.23 bits per heavy atom. The maximum absolute atomic E-state index is 12.0. The average Bonchev–Trinajstić information content (AvgIpc) is 2.90. The Kier molecular flexibility index (Phi) is 5.04. The first-order chi connectivity index (χ1) is 10.5. The minimum absolute atomic E-state index is 0.149. The molecule has 1 aromatic heterocycles. The van der Waals surface area contributed by atoms with Crippen LogP contribution in [0.2, 0.25) is 0 Å². The number of rotatable bonds is 5. The summed E-state index contributed by atoms with van der Waals surface area (Å²) >= 11 is 0. The number of amides is 2. The smallest absolute Gasteiger partial charge is 0.315 e. The number of aryl methyl sites for hydroxylation is 2. The van der Waals surface area contributed by atoms with Gasteiger partial charge in [-0.3, -0.25) is 4.68 Å². The van der Waals surface area contributed by atoms with Gasteiger partial charge in [0.1, 0.15) is 5.75 Å². The summed E-state index contributed by atoms with van der Waals surface area (Å²) in [4.78, 5) is 12.0. The predicted octanol–water partition coefficient (Wildman–Crippen LogP) is 2.30. The van der Waals surface area contributed by atoms with Crippen LogP contribution in [0.4, 0.5) is 4.79 Å². The highest BCUT2D eigenvalue weighted by Gasteiger charge is 2.14. The molecule has 2 aromatic rings. The summed E-state index contributed by atoms with van der Waals surface area (Å²) in [5.74, 6) is 0.769. The van der Waals surface area contributed by atoms with Crippen molar-refractivity contribution in [3.05, 3.63) is 47.3 Å². The number of nitrogens with zero attached hydrogens (tertiary/aromatic N) is 2.